The number of benzene rings is 2. The zero-order chi connectivity index (χ0) is 26.0. The highest BCUT2D eigenvalue weighted by atomic mass is 32.2. The van der Waals surface area contributed by atoms with Gasteiger partial charge in [0.25, 0.3) is 5.91 Å². The first-order valence-electron chi connectivity index (χ1n) is 10.4. The van der Waals surface area contributed by atoms with Crippen molar-refractivity contribution < 1.29 is 28.6 Å². The first-order valence-corrected chi connectivity index (χ1v) is 11.1. The average Bonchev–Trinajstić information content (AvgIpc) is 2.85. The van der Waals surface area contributed by atoms with Crippen LogP contribution in [0.15, 0.2) is 47.1 Å². The number of para-hydroxylation sites is 1. The second kappa shape index (κ2) is 12.6. The zero-order valence-corrected chi connectivity index (χ0v) is 20.9. The summed E-state index contributed by atoms with van der Waals surface area (Å²) in [4.78, 5) is 48.5. The van der Waals surface area contributed by atoms with E-state index in [1.54, 1.807) is 38.1 Å². The van der Waals surface area contributed by atoms with Crippen molar-refractivity contribution in [3.63, 3.8) is 0 Å². The van der Waals surface area contributed by atoms with Crippen LogP contribution in [0.1, 0.15) is 40.1 Å². The molecule has 0 aliphatic rings. The smallest absolute Gasteiger partial charge is 0.340 e. The Kier molecular flexibility index (Phi) is 9.83. The van der Waals surface area contributed by atoms with E-state index in [-0.39, 0.29) is 23.4 Å². The van der Waals surface area contributed by atoms with Crippen LogP contribution in [0.2, 0.25) is 0 Å². The molecule has 0 heterocycles. The highest BCUT2D eigenvalue weighted by Gasteiger charge is 2.24. The van der Waals surface area contributed by atoms with Crippen LogP contribution >= 0.6 is 11.9 Å². The van der Waals surface area contributed by atoms with Crippen LogP contribution in [-0.4, -0.2) is 50.4 Å². The van der Waals surface area contributed by atoms with Gasteiger partial charge in [-0.05, 0) is 49.8 Å². The summed E-state index contributed by atoms with van der Waals surface area (Å²) in [6, 6.07) is 9.53. The van der Waals surface area contributed by atoms with Crippen molar-refractivity contribution in [3.05, 3.63) is 64.1 Å². The molecular weight excluding hydrogens is 474 g/mol. The van der Waals surface area contributed by atoms with E-state index >= 15 is 0 Å². The molecule has 35 heavy (non-hydrogen) atoms. The van der Waals surface area contributed by atoms with E-state index in [2.05, 4.69) is 15.2 Å². The van der Waals surface area contributed by atoms with Crippen LogP contribution in [-0.2, 0) is 9.53 Å². The molecule has 0 aliphatic heterocycles. The van der Waals surface area contributed by atoms with Gasteiger partial charge in [-0.2, -0.15) is 0 Å². The molecule has 0 saturated heterocycles. The quantitative estimate of drug-likeness (QED) is 0.204. The summed E-state index contributed by atoms with van der Waals surface area (Å²) in [5, 5.41) is 5.30. The van der Waals surface area contributed by atoms with Gasteiger partial charge in [0.15, 0.2) is 11.5 Å². The number of rotatable bonds is 11. The lowest BCUT2D eigenvalue weighted by atomic mass is 10.1. The molecule has 0 unspecified atom stereocenters. The molecule has 0 saturated carbocycles. The number of hydrogen-bond acceptors (Lipinski definition) is 9. The maximum atomic E-state index is 12.9. The molecule has 0 spiro atoms. The van der Waals surface area contributed by atoms with E-state index in [1.807, 2.05) is 0 Å². The maximum Gasteiger partial charge on any atom is 0.340 e. The van der Waals surface area contributed by atoms with Crippen LogP contribution in [0.3, 0.4) is 0 Å². The molecule has 11 heteroatoms. The summed E-state index contributed by atoms with van der Waals surface area (Å²) in [5.74, 6) is -0.807. The van der Waals surface area contributed by atoms with Gasteiger partial charge >= 0.3 is 5.97 Å². The SMILES string of the molecule is COC(=O)c1cccc(C(=O)NCC(C)(C)SN=O)c1NC(=O)C=Cc1ccc(OC)c(OC)c1. The van der Waals surface area contributed by atoms with Crippen molar-refractivity contribution in [2.24, 2.45) is 4.58 Å². The standard InChI is InChI=1S/C24H27N3O7S/c1-24(2,35-27-31)14-25-22(29)16-7-6-8-17(23(30)34-5)21(16)26-20(28)12-10-15-9-11-18(32-3)19(13-15)33-4/h6-13H,14H2,1-5H3,(H,25,29)(H,26,28). The Morgan fingerprint density at radius 3 is 2.34 bits per heavy atom. The fourth-order valence-electron chi connectivity index (χ4n) is 2.97. The highest BCUT2D eigenvalue weighted by Crippen LogP contribution is 2.28. The minimum Gasteiger partial charge on any atom is -0.493 e. The van der Waals surface area contributed by atoms with Crippen molar-refractivity contribution in [3.8, 4) is 11.5 Å². The van der Waals surface area contributed by atoms with E-state index < -0.39 is 22.5 Å². The molecule has 0 fully saturated rings. The van der Waals surface area contributed by atoms with Gasteiger partial charge in [-0.1, -0.05) is 12.1 Å². The molecule has 2 amide bonds. The second-order valence-electron chi connectivity index (χ2n) is 7.76. The van der Waals surface area contributed by atoms with Gasteiger partial charge in [-0.25, -0.2) is 4.79 Å². The van der Waals surface area contributed by atoms with Crippen molar-refractivity contribution >= 4 is 41.5 Å². The largest absolute Gasteiger partial charge is 0.493 e. The number of nitrogens with zero attached hydrogens (tertiary/aromatic N) is 1. The fourth-order valence-corrected chi connectivity index (χ4v) is 3.31. The van der Waals surface area contributed by atoms with E-state index in [0.29, 0.717) is 17.1 Å². The lowest BCUT2D eigenvalue weighted by Gasteiger charge is -2.20. The zero-order valence-electron chi connectivity index (χ0n) is 20.0. The summed E-state index contributed by atoms with van der Waals surface area (Å²) in [6.45, 7) is 3.61. The summed E-state index contributed by atoms with van der Waals surface area (Å²) in [5.41, 5.74) is 0.732. The predicted octanol–water partition coefficient (Wildman–Crippen LogP) is 4.07. The van der Waals surface area contributed by atoms with Crippen LogP contribution in [0.25, 0.3) is 6.08 Å². The molecule has 2 aromatic carbocycles. The normalized spacial score (nSPS) is 11.0. The molecule has 0 aliphatic carbocycles. The lowest BCUT2D eigenvalue weighted by Crippen LogP contribution is -2.36. The number of carbonyl (C=O) groups excluding carboxylic acids is 3. The number of esters is 1. The molecule has 2 aromatic rings. The number of methoxy groups -OCH3 is 3. The number of anilines is 1. The van der Waals surface area contributed by atoms with Crippen molar-refractivity contribution in [2.45, 2.75) is 18.6 Å². The van der Waals surface area contributed by atoms with Gasteiger partial charge in [0, 0.05) is 29.2 Å². The average molecular weight is 502 g/mol. The fraction of sp³-hybridized carbons (Fsp3) is 0.292. The first kappa shape index (κ1) is 27.4. The van der Waals surface area contributed by atoms with Gasteiger partial charge in [-0.3, -0.25) is 9.59 Å². The maximum absolute atomic E-state index is 12.9. The third-order valence-electron chi connectivity index (χ3n) is 4.76. The minimum atomic E-state index is -0.722. The van der Waals surface area contributed by atoms with Crippen LogP contribution in [0, 0.1) is 4.91 Å². The van der Waals surface area contributed by atoms with Crippen LogP contribution < -0.4 is 20.1 Å². The molecule has 10 nitrogen and oxygen atoms in total. The number of nitrogens with one attached hydrogen (secondary N) is 2. The molecule has 0 aromatic heterocycles. The molecule has 0 radical (unpaired) electrons. The van der Waals surface area contributed by atoms with Gasteiger partial charge in [0.05, 0.1) is 42.9 Å². The van der Waals surface area contributed by atoms with E-state index in [4.69, 9.17) is 14.2 Å². The molecule has 0 bridgehead atoms. The molecule has 2 rings (SSSR count). The highest BCUT2D eigenvalue weighted by molar-refractivity contribution is 7.99. The molecule has 2 N–H and O–H groups in total. The van der Waals surface area contributed by atoms with Crippen molar-refractivity contribution in [2.75, 3.05) is 33.2 Å². The Bertz CT molecular complexity index is 1130. The van der Waals surface area contributed by atoms with Crippen molar-refractivity contribution in [1.29, 1.82) is 0 Å². The van der Waals surface area contributed by atoms with E-state index in [0.717, 1.165) is 11.9 Å². The Hall–Kier alpha value is -3.86. The van der Waals surface area contributed by atoms with Gasteiger partial charge in [0.1, 0.15) is 0 Å². The van der Waals surface area contributed by atoms with E-state index in [9.17, 15) is 19.3 Å². The molecule has 186 valence electrons. The van der Waals surface area contributed by atoms with Crippen molar-refractivity contribution in [1.82, 2.24) is 5.32 Å². The predicted molar refractivity (Wildman–Crippen MR) is 135 cm³/mol. The Morgan fingerprint density at radius 2 is 1.71 bits per heavy atom. The molecular formula is C24H27N3O7S. The van der Waals surface area contributed by atoms with Gasteiger partial charge in [-0.15, -0.1) is 4.91 Å². The summed E-state index contributed by atoms with van der Waals surface area (Å²) in [7, 11) is 4.22. The number of carbonyl (C=O) groups is 3. The lowest BCUT2D eigenvalue weighted by molar-refractivity contribution is -0.111. The monoisotopic (exact) mass is 501 g/mol. The first-order chi connectivity index (χ1) is 16.6. The number of nitroso groups, excluding NO2 is 1. The van der Waals surface area contributed by atoms with E-state index in [1.165, 1.54) is 45.6 Å². The topological polar surface area (TPSA) is 132 Å². The Balaban J connectivity index is 2.31. The van der Waals surface area contributed by atoms with Gasteiger partial charge in [0.2, 0.25) is 5.91 Å². The van der Waals surface area contributed by atoms with Crippen LogP contribution in [0.4, 0.5) is 5.69 Å². The number of hydrogen-bond donors (Lipinski definition) is 2. The second-order valence-corrected chi connectivity index (χ2v) is 9.20. The Labute approximate surface area is 207 Å². The third kappa shape index (κ3) is 7.57. The van der Waals surface area contributed by atoms with Gasteiger partial charge < -0.3 is 24.8 Å². The summed E-state index contributed by atoms with van der Waals surface area (Å²) >= 11 is 0.792. The number of amides is 2. The minimum absolute atomic E-state index is 0.00205. The summed E-state index contributed by atoms with van der Waals surface area (Å²) in [6.07, 6.45) is 2.80. The Morgan fingerprint density at radius 1 is 1.03 bits per heavy atom. The number of ether oxygens (including phenoxy) is 3. The third-order valence-corrected chi connectivity index (χ3v) is 5.47. The van der Waals surface area contributed by atoms with Crippen LogP contribution in [0.5, 0.6) is 11.5 Å². The summed E-state index contributed by atoms with van der Waals surface area (Å²) < 4.78 is 17.4. The molecule has 0 atom stereocenters.